The third-order valence-electron chi connectivity index (χ3n) is 2.25. The lowest BCUT2D eigenvalue weighted by atomic mass is 10.2. The maximum Gasteiger partial charge on any atom is 0.199 e. The number of aromatic nitrogens is 3. The van der Waals surface area contributed by atoms with E-state index in [1.165, 1.54) is 5.56 Å². The molecule has 0 aliphatic heterocycles. The van der Waals surface area contributed by atoms with Crippen molar-refractivity contribution >= 4 is 28.1 Å². The van der Waals surface area contributed by atoms with Crippen LogP contribution in [0.4, 0.5) is 0 Å². The molecule has 0 radical (unpaired) electrons. The number of aromatic amines is 1. The lowest BCUT2D eigenvalue weighted by molar-refractivity contribution is 0.953. The Kier molecular flexibility index (Phi) is 2.75. The Hall–Kier alpha value is -0.940. The number of nitrogens with one attached hydrogen (secondary N) is 1. The van der Waals surface area contributed by atoms with Crippen molar-refractivity contribution < 1.29 is 0 Å². The molecule has 0 bridgehead atoms. The lowest BCUT2D eigenvalue weighted by Crippen LogP contribution is -1.99. The number of hydrogen-bond acceptors (Lipinski definition) is 2. The average molecular weight is 284 g/mol. The van der Waals surface area contributed by atoms with Crippen molar-refractivity contribution in [3.63, 3.8) is 0 Å². The van der Waals surface area contributed by atoms with Crippen molar-refractivity contribution in [2.45, 2.75) is 13.8 Å². The fraction of sp³-hybridized carbons (Fsp3) is 0.200. The summed E-state index contributed by atoms with van der Waals surface area (Å²) in [6, 6.07) is 6.10. The highest BCUT2D eigenvalue weighted by Gasteiger charge is 2.06. The Labute approximate surface area is 101 Å². The molecule has 1 aromatic carbocycles. The first-order valence-corrected chi connectivity index (χ1v) is 5.70. The molecule has 78 valence electrons. The number of H-pyrrole nitrogens is 1. The molecule has 0 amide bonds. The Morgan fingerprint density at radius 1 is 1.40 bits per heavy atom. The van der Waals surface area contributed by atoms with Crippen molar-refractivity contribution in [2.24, 2.45) is 0 Å². The monoisotopic (exact) mass is 283 g/mol. The Bertz CT molecular complexity index is 556. The summed E-state index contributed by atoms with van der Waals surface area (Å²) in [4.78, 5) is 0. The fourth-order valence-corrected chi connectivity index (χ4v) is 2.11. The van der Waals surface area contributed by atoms with Crippen LogP contribution < -0.4 is 0 Å². The fourth-order valence-electron chi connectivity index (χ4n) is 1.48. The number of rotatable bonds is 1. The molecule has 0 fully saturated rings. The molecule has 0 atom stereocenters. The summed E-state index contributed by atoms with van der Waals surface area (Å²) in [7, 11) is 0. The van der Waals surface area contributed by atoms with E-state index in [0.717, 1.165) is 16.0 Å². The van der Waals surface area contributed by atoms with Gasteiger partial charge in [-0.25, -0.2) is 0 Å². The first kappa shape index (κ1) is 10.6. The van der Waals surface area contributed by atoms with Crippen LogP contribution in [-0.2, 0) is 0 Å². The molecule has 3 nitrogen and oxygen atoms in total. The van der Waals surface area contributed by atoms with Gasteiger partial charge in [0.15, 0.2) is 4.77 Å². The van der Waals surface area contributed by atoms with Crippen LogP contribution in [0.2, 0.25) is 0 Å². The van der Waals surface area contributed by atoms with E-state index in [1.807, 2.05) is 29.7 Å². The normalized spacial score (nSPS) is 10.6. The highest BCUT2D eigenvalue weighted by atomic mass is 79.9. The van der Waals surface area contributed by atoms with Gasteiger partial charge in [-0.15, -0.1) is 0 Å². The van der Waals surface area contributed by atoms with Crippen LogP contribution in [0, 0.1) is 18.6 Å². The van der Waals surface area contributed by atoms with E-state index in [1.54, 1.807) is 0 Å². The van der Waals surface area contributed by atoms with Gasteiger partial charge in [0.1, 0.15) is 5.82 Å². The van der Waals surface area contributed by atoms with E-state index < -0.39 is 0 Å². The molecule has 2 aromatic rings. The topological polar surface area (TPSA) is 33.6 Å². The first-order chi connectivity index (χ1) is 7.09. The minimum absolute atomic E-state index is 0.619. The molecule has 0 aliphatic rings. The molecule has 1 heterocycles. The van der Waals surface area contributed by atoms with Crippen molar-refractivity contribution in [3.05, 3.63) is 38.8 Å². The van der Waals surface area contributed by atoms with E-state index in [4.69, 9.17) is 12.2 Å². The maximum absolute atomic E-state index is 5.19. The number of halogens is 1. The minimum Gasteiger partial charge on any atom is -0.272 e. The Balaban J connectivity index is 2.74. The minimum atomic E-state index is 0.619. The largest absolute Gasteiger partial charge is 0.272 e. The first-order valence-electron chi connectivity index (χ1n) is 4.50. The molecule has 0 saturated carbocycles. The van der Waals surface area contributed by atoms with Gasteiger partial charge in [0.25, 0.3) is 0 Å². The third-order valence-corrected chi connectivity index (χ3v) is 3.02. The SMILES string of the molecule is Cc1ccc(Br)cc1-n1c(C)n[nH]c1=S. The molecule has 15 heavy (non-hydrogen) atoms. The van der Waals surface area contributed by atoms with Gasteiger partial charge in [0.2, 0.25) is 0 Å². The van der Waals surface area contributed by atoms with Crippen LogP contribution in [-0.4, -0.2) is 14.8 Å². The van der Waals surface area contributed by atoms with E-state index in [0.29, 0.717) is 4.77 Å². The average Bonchev–Trinajstić information content (AvgIpc) is 2.51. The van der Waals surface area contributed by atoms with E-state index in [2.05, 4.69) is 33.1 Å². The summed E-state index contributed by atoms with van der Waals surface area (Å²) >= 11 is 8.64. The van der Waals surface area contributed by atoms with Crippen LogP contribution >= 0.6 is 28.1 Å². The highest BCUT2D eigenvalue weighted by Crippen LogP contribution is 2.20. The predicted octanol–water partition coefficient (Wildman–Crippen LogP) is 3.31. The van der Waals surface area contributed by atoms with Crippen LogP contribution in [0.3, 0.4) is 0 Å². The van der Waals surface area contributed by atoms with Crippen molar-refractivity contribution in [1.29, 1.82) is 0 Å². The van der Waals surface area contributed by atoms with E-state index in [-0.39, 0.29) is 0 Å². The number of aryl methyl sites for hydroxylation is 2. The second-order valence-electron chi connectivity index (χ2n) is 3.34. The zero-order chi connectivity index (χ0) is 11.0. The van der Waals surface area contributed by atoms with Crippen LogP contribution in [0.5, 0.6) is 0 Å². The number of nitrogens with zero attached hydrogens (tertiary/aromatic N) is 2. The smallest absolute Gasteiger partial charge is 0.199 e. The molecule has 1 N–H and O–H groups in total. The standard InChI is InChI=1S/C10H10BrN3S/c1-6-3-4-8(11)5-9(6)14-7(2)12-13-10(14)15/h3-5H,1-2H3,(H,13,15). The number of benzene rings is 1. The molecule has 0 aliphatic carbocycles. The quantitative estimate of drug-likeness (QED) is 0.815. The maximum atomic E-state index is 5.19. The van der Waals surface area contributed by atoms with E-state index >= 15 is 0 Å². The van der Waals surface area contributed by atoms with Crippen molar-refractivity contribution in [3.8, 4) is 5.69 Å². The summed E-state index contributed by atoms with van der Waals surface area (Å²) in [5, 5.41) is 6.88. The Morgan fingerprint density at radius 3 is 2.73 bits per heavy atom. The molecule has 0 unspecified atom stereocenters. The molecule has 2 rings (SSSR count). The summed E-state index contributed by atoms with van der Waals surface area (Å²) < 4.78 is 3.58. The van der Waals surface area contributed by atoms with Crippen molar-refractivity contribution in [1.82, 2.24) is 14.8 Å². The van der Waals surface area contributed by atoms with Gasteiger partial charge < -0.3 is 0 Å². The highest BCUT2D eigenvalue weighted by molar-refractivity contribution is 9.10. The van der Waals surface area contributed by atoms with Gasteiger partial charge in [-0.3, -0.25) is 9.67 Å². The van der Waals surface area contributed by atoms with Crippen molar-refractivity contribution in [2.75, 3.05) is 0 Å². The van der Waals surface area contributed by atoms with Crippen LogP contribution in [0.1, 0.15) is 11.4 Å². The molecule has 1 aromatic heterocycles. The van der Waals surface area contributed by atoms with Gasteiger partial charge in [-0.1, -0.05) is 22.0 Å². The van der Waals surface area contributed by atoms with Crippen LogP contribution in [0.25, 0.3) is 5.69 Å². The predicted molar refractivity (Wildman–Crippen MR) is 65.9 cm³/mol. The van der Waals surface area contributed by atoms with Gasteiger partial charge in [0.05, 0.1) is 5.69 Å². The van der Waals surface area contributed by atoms with E-state index in [9.17, 15) is 0 Å². The second kappa shape index (κ2) is 3.90. The summed E-state index contributed by atoms with van der Waals surface area (Å²) in [5.74, 6) is 0.862. The summed E-state index contributed by atoms with van der Waals surface area (Å²) in [6.45, 7) is 3.97. The third kappa shape index (κ3) is 1.89. The van der Waals surface area contributed by atoms with Gasteiger partial charge in [-0.05, 0) is 43.8 Å². The number of hydrogen-bond donors (Lipinski definition) is 1. The van der Waals surface area contributed by atoms with Gasteiger partial charge in [-0.2, -0.15) is 5.10 Å². The zero-order valence-electron chi connectivity index (χ0n) is 8.41. The van der Waals surface area contributed by atoms with Crippen LogP contribution in [0.15, 0.2) is 22.7 Å². The molecule has 0 spiro atoms. The lowest BCUT2D eigenvalue weighted by Gasteiger charge is -2.08. The zero-order valence-corrected chi connectivity index (χ0v) is 10.8. The Morgan fingerprint density at radius 2 is 2.13 bits per heavy atom. The molecular formula is C10H10BrN3S. The van der Waals surface area contributed by atoms with Gasteiger partial charge in [0, 0.05) is 4.47 Å². The molecular weight excluding hydrogens is 274 g/mol. The molecule has 0 saturated heterocycles. The molecule has 5 heteroatoms. The summed E-state index contributed by atoms with van der Waals surface area (Å²) in [5.41, 5.74) is 2.22. The van der Waals surface area contributed by atoms with Gasteiger partial charge >= 0.3 is 0 Å². The summed E-state index contributed by atoms with van der Waals surface area (Å²) in [6.07, 6.45) is 0. The second-order valence-corrected chi connectivity index (χ2v) is 4.64.